The Balaban J connectivity index is 2.79. The Kier molecular flexibility index (Phi) is 3.43. The summed E-state index contributed by atoms with van der Waals surface area (Å²) in [5, 5.41) is 0. The molecule has 1 N–H and O–H groups in total. The van der Waals surface area contributed by atoms with Crippen molar-refractivity contribution in [3.05, 3.63) is 30.3 Å². The predicted molar refractivity (Wildman–Crippen MR) is 48.9 cm³/mol. The molecule has 0 aliphatic heterocycles. The quantitative estimate of drug-likeness (QED) is 0.836. The van der Waals surface area contributed by atoms with E-state index < -0.39 is 18.2 Å². The van der Waals surface area contributed by atoms with Gasteiger partial charge in [-0.3, -0.25) is 0 Å². The van der Waals surface area contributed by atoms with E-state index in [4.69, 9.17) is 0 Å². The average molecular weight is 257 g/mol. The van der Waals surface area contributed by atoms with Crippen molar-refractivity contribution in [3.63, 3.8) is 0 Å². The molecule has 0 radical (unpaired) electrons. The Morgan fingerprint density at radius 1 is 1.20 bits per heavy atom. The molecule has 0 heterocycles. The first-order valence-electron chi connectivity index (χ1n) is 3.56. The van der Waals surface area contributed by atoms with E-state index in [2.05, 4.69) is 4.18 Å². The van der Waals surface area contributed by atoms with Gasteiger partial charge >= 0.3 is 18.2 Å². The van der Waals surface area contributed by atoms with Crippen LogP contribution in [0.25, 0.3) is 0 Å². The third-order valence-electron chi connectivity index (χ3n) is 1.17. The first kappa shape index (κ1) is 12.1. The minimum absolute atomic E-state index is 0.154. The van der Waals surface area contributed by atoms with Crippen LogP contribution in [0.2, 0.25) is 0 Å². The lowest BCUT2D eigenvalue weighted by Gasteiger charge is -2.06. The van der Waals surface area contributed by atoms with E-state index in [1.54, 1.807) is 6.07 Å². The van der Waals surface area contributed by atoms with Crippen molar-refractivity contribution < 1.29 is 25.6 Å². The maximum atomic E-state index is 11.9. The molecule has 0 aliphatic carbocycles. The fraction of sp³-hybridized carbons (Fsp3) is 0. The Hall–Kier alpha value is -0.980. The molecule has 5 nitrogen and oxygen atoms in total. The van der Waals surface area contributed by atoms with Crippen molar-refractivity contribution in [1.29, 1.82) is 0 Å². The molecule has 0 amide bonds. The summed E-state index contributed by atoms with van der Waals surface area (Å²) in [6, 6.07) is 6.99. The van der Waals surface area contributed by atoms with Crippen molar-refractivity contribution in [2.75, 3.05) is 0 Å². The van der Waals surface area contributed by atoms with E-state index in [-0.39, 0.29) is 5.75 Å². The van der Waals surface area contributed by atoms with Gasteiger partial charge in [0.1, 0.15) is 5.75 Å². The van der Waals surface area contributed by atoms with Crippen LogP contribution in [0.4, 0.5) is 8.39 Å². The van der Waals surface area contributed by atoms with E-state index in [0.29, 0.717) is 4.49 Å². The van der Waals surface area contributed by atoms with E-state index in [0.717, 1.165) is 0 Å². The van der Waals surface area contributed by atoms with E-state index in [9.17, 15) is 21.4 Å². The normalized spacial score (nSPS) is 12.4. The van der Waals surface area contributed by atoms with Gasteiger partial charge in [0.15, 0.2) is 0 Å². The van der Waals surface area contributed by atoms with Gasteiger partial charge in [-0.15, -0.1) is 8.39 Å². The van der Waals surface area contributed by atoms with Crippen molar-refractivity contribution in [2.24, 2.45) is 0 Å². The molecule has 15 heavy (non-hydrogen) atoms. The molecule has 1 aromatic rings. The van der Waals surface area contributed by atoms with Gasteiger partial charge < -0.3 is 4.18 Å². The monoisotopic (exact) mass is 257 g/mol. The summed E-state index contributed by atoms with van der Waals surface area (Å²) in [5.41, 5.74) is 0. The van der Waals surface area contributed by atoms with E-state index >= 15 is 0 Å². The molecule has 0 unspecified atom stereocenters. The van der Waals surface area contributed by atoms with Crippen LogP contribution in [-0.2, 0) is 14.9 Å². The highest BCUT2D eigenvalue weighted by Gasteiger charge is 2.29. The zero-order valence-electron chi connectivity index (χ0n) is 7.13. The number of halogens is 2. The maximum Gasteiger partial charge on any atom is 0.496 e. The molecule has 84 valence electrons. The second-order valence-corrected chi connectivity index (χ2v) is 5.13. The van der Waals surface area contributed by atoms with Crippen molar-refractivity contribution in [3.8, 4) is 5.75 Å². The Morgan fingerprint density at radius 2 is 1.73 bits per heavy atom. The third-order valence-corrected chi connectivity index (χ3v) is 3.32. The van der Waals surface area contributed by atoms with Crippen molar-refractivity contribution >= 4 is 18.2 Å². The molecule has 0 saturated heterocycles. The van der Waals surface area contributed by atoms with Crippen LogP contribution in [0.15, 0.2) is 30.3 Å². The zero-order chi connectivity index (χ0) is 11.5. The first-order valence-corrected chi connectivity index (χ1v) is 6.46. The lowest BCUT2D eigenvalue weighted by molar-refractivity contribution is 0.462. The molecule has 1 rings (SSSR count). The highest BCUT2D eigenvalue weighted by Crippen LogP contribution is 2.45. The van der Waals surface area contributed by atoms with Gasteiger partial charge in [-0.25, -0.2) is 4.57 Å². The zero-order valence-corrected chi connectivity index (χ0v) is 8.84. The lowest BCUT2D eigenvalue weighted by Crippen LogP contribution is -2.23. The fourth-order valence-corrected chi connectivity index (χ4v) is 2.31. The first-order chi connectivity index (χ1) is 6.79. The fourth-order valence-electron chi connectivity index (χ4n) is 0.752. The highest BCUT2D eigenvalue weighted by molar-refractivity contribution is 7.90. The summed E-state index contributed by atoms with van der Waals surface area (Å²) in [6.45, 7) is 0. The van der Waals surface area contributed by atoms with Crippen LogP contribution in [0.1, 0.15) is 0 Å². The summed E-state index contributed by atoms with van der Waals surface area (Å²) in [7, 11) is -10.6. The second-order valence-electron chi connectivity index (χ2n) is 2.40. The van der Waals surface area contributed by atoms with Crippen LogP contribution in [0.5, 0.6) is 5.75 Å². The van der Waals surface area contributed by atoms with E-state index in [1.807, 2.05) is 0 Å². The summed E-state index contributed by atoms with van der Waals surface area (Å²) in [6.07, 6.45) is 0. The van der Waals surface area contributed by atoms with Gasteiger partial charge in [0.05, 0.1) is 0 Å². The van der Waals surface area contributed by atoms with Gasteiger partial charge in [0.25, 0.3) is 0 Å². The molecule has 1 aromatic carbocycles. The standard InChI is InChI=1S/C6H6F2NO4PS/c7-14(8,10)9-15(11,12)13-6-4-2-1-3-5-6/h1-5H,(H,9,10). The topological polar surface area (TPSA) is 72.5 Å². The average Bonchev–Trinajstić information content (AvgIpc) is 1.99. The van der Waals surface area contributed by atoms with Crippen molar-refractivity contribution in [1.82, 2.24) is 4.49 Å². The molecule has 9 heteroatoms. The number of hydrogen-bond donors (Lipinski definition) is 1. The maximum absolute atomic E-state index is 11.9. The third kappa shape index (κ3) is 4.87. The Labute approximate surface area is 85.0 Å². The second kappa shape index (κ2) is 4.26. The SMILES string of the molecule is O=P(F)(F)NS(=O)(=O)Oc1ccccc1. The molecule has 0 saturated carbocycles. The van der Waals surface area contributed by atoms with Crippen LogP contribution in [-0.4, -0.2) is 8.42 Å². The summed E-state index contributed by atoms with van der Waals surface area (Å²) < 4.78 is 60.2. The number of nitrogens with one attached hydrogen (secondary N) is 1. The molecule has 0 fully saturated rings. The van der Waals surface area contributed by atoms with Gasteiger partial charge in [-0.05, 0) is 12.1 Å². The molecular weight excluding hydrogens is 251 g/mol. The number of para-hydroxylation sites is 1. The molecule has 0 spiro atoms. The van der Waals surface area contributed by atoms with Gasteiger partial charge in [0.2, 0.25) is 0 Å². The summed E-state index contributed by atoms with van der Waals surface area (Å²) in [5.74, 6) is -0.154. The highest BCUT2D eigenvalue weighted by atomic mass is 32.2. The Morgan fingerprint density at radius 3 is 2.20 bits per heavy atom. The largest absolute Gasteiger partial charge is 0.496 e. The van der Waals surface area contributed by atoms with Gasteiger partial charge in [0, 0.05) is 0 Å². The smallest absolute Gasteiger partial charge is 0.371 e. The number of benzene rings is 1. The van der Waals surface area contributed by atoms with Crippen LogP contribution in [0, 0.1) is 0 Å². The van der Waals surface area contributed by atoms with Crippen LogP contribution >= 0.6 is 7.91 Å². The number of rotatable bonds is 4. The van der Waals surface area contributed by atoms with Crippen molar-refractivity contribution in [2.45, 2.75) is 0 Å². The van der Waals surface area contributed by atoms with Gasteiger partial charge in [-0.2, -0.15) is 8.42 Å². The van der Waals surface area contributed by atoms with Crippen LogP contribution < -0.4 is 8.68 Å². The number of hydrogen-bond acceptors (Lipinski definition) is 4. The molecule has 0 bridgehead atoms. The lowest BCUT2D eigenvalue weighted by atomic mass is 10.3. The minimum atomic E-state index is -5.89. The van der Waals surface area contributed by atoms with Crippen LogP contribution in [0.3, 0.4) is 0 Å². The predicted octanol–water partition coefficient (Wildman–Crippen LogP) is 1.95. The molecule has 0 atom stereocenters. The Bertz CT molecular complexity index is 471. The summed E-state index contributed by atoms with van der Waals surface area (Å²) in [4.78, 5) is 0. The molecule has 0 aliphatic rings. The molecule has 0 aromatic heterocycles. The van der Waals surface area contributed by atoms with Gasteiger partial charge in [-0.1, -0.05) is 22.7 Å². The minimum Gasteiger partial charge on any atom is -0.371 e. The van der Waals surface area contributed by atoms with E-state index in [1.165, 1.54) is 24.3 Å². The summed E-state index contributed by atoms with van der Waals surface area (Å²) >= 11 is 0. The molecular formula is C6H6F2NO4PS.